The number of imidazole rings is 1. The predicted octanol–water partition coefficient (Wildman–Crippen LogP) is 9.32. The number of hydrogen-bond donors (Lipinski definition) is 5. The molecule has 7 heterocycles. The van der Waals surface area contributed by atoms with E-state index in [1.165, 1.54) is 67.3 Å². The van der Waals surface area contributed by atoms with Gasteiger partial charge in [0.2, 0.25) is 0 Å². The van der Waals surface area contributed by atoms with Crippen LogP contribution in [0.5, 0.6) is 0 Å². The van der Waals surface area contributed by atoms with Crippen LogP contribution >= 0.6 is 24.8 Å². The van der Waals surface area contributed by atoms with Crippen molar-refractivity contribution in [1.82, 2.24) is 45.2 Å². The second kappa shape index (κ2) is 25.4. The van der Waals surface area contributed by atoms with E-state index in [0.717, 1.165) is 17.1 Å². The number of fused-ring (bicyclic) bond motifs is 3. The molecule has 0 spiro atoms. The number of ketones is 1. The minimum atomic E-state index is -3.37. The number of pyridine rings is 4. The topological polar surface area (TPSA) is 255 Å². The molecule has 2 aromatic carbocycles. The summed E-state index contributed by atoms with van der Waals surface area (Å²) in [5, 5.41) is 19.0. The lowest BCUT2D eigenvalue weighted by Crippen LogP contribution is -2.32. The minimum Gasteiger partial charge on any atom is -0.435 e. The number of alkyl halides is 4. The molecule has 0 atom stereocenters. The number of anilines is 2. The fourth-order valence-corrected chi connectivity index (χ4v) is 6.55. The van der Waals surface area contributed by atoms with Gasteiger partial charge < -0.3 is 35.5 Å². The van der Waals surface area contributed by atoms with Gasteiger partial charge in [-0.3, -0.25) is 24.9 Å². The van der Waals surface area contributed by atoms with Gasteiger partial charge in [0.05, 0.1) is 53.5 Å². The Morgan fingerprint density at radius 3 is 1.82 bits per heavy atom. The Balaban J connectivity index is 0.000000220. The van der Waals surface area contributed by atoms with E-state index in [0.29, 0.717) is 24.4 Å². The number of halogens is 8. The van der Waals surface area contributed by atoms with E-state index in [1.54, 1.807) is 18.2 Å². The minimum absolute atomic E-state index is 0. The van der Waals surface area contributed by atoms with E-state index < -0.39 is 53.3 Å². The van der Waals surface area contributed by atoms with Crippen LogP contribution in [0.4, 0.5) is 43.7 Å². The Morgan fingerprint density at radius 1 is 0.740 bits per heavy atom. The zero-order valence-electron chi connectivity index (χ0n) is 37.9. The number of carbonyl (C=O) groups is 1. The van der Waals surface area contributed by atoms with Gasteiger partial charge in [-0.2, -0.15) is 17.6 Å². The SMILES string of the molecule is C=CC(=O)Cc1ccccc1[N+](=O)[O-].Cl.Cl.Fc1cccnc1CNc1nccc2oc(C(F)(F)CNCCc3nc4ccccc4[nH]3)nc12.NCC(F)(F)c1nc2c(NCc3ncccc3F)nccc2o1. The number of nitrogens with two attached hydrogens (primary N) is 1. The number of aromatic nitrogens is 8. The Labute approximate surface area is 422 Å². The van der Waals surface area contributed by atoms with Crippen molar-refractivity contribution < 1.29 is 44.9 Å². The molecular weight excluding hydrogens is 1010 g/mol. The first kappa shape index (κ1) is 55.9. The van der Waals surface area contributed by atoms with Gasteiger partial charge in [-0.25, -0.2) is 33.7 Å². The zero-order chi connectivity index (χ0) is 50.5. The van der Waals surface area contributed by atoms with E-state index in [1.807, 2.05) is 24.3 Å². The number of H-pyrrole nitrogens is 1. The molecule has 0 fully saturated rings. The number of nitro benzene ring substituents is 1. The van der Waals surface area contributed by atoms with Gasteiger partial charge in [0, 0.05) is 67.9 Å². The zero-order valence-corrected chi connectivity index (χ0v) is 39.5. The predicted molar refractivity (Wildman–Crippen MR) is 263 cm³/mol. The third-order valence-corrected chi connectivity index (χ3v) is 10.1. The van der Waals surface area contributed by atoms with Crippen LogP contribution in [0.3, 0.4) is 0 Å². The number of nitro groups is 1. The fraction of sp³-hybridized carbons (Fsp3) is 0.191. The molecule has 0 radical (unpaired) electrons. The highest BCUT2D eigenvalue weighted by molar-refractivity contribution is 5.91. The second-order valence-electron chi connectivity index (χ2n) is 15.1. The maximum Gasteiger partial charge on any atom is 0.334 e. The molecule has 0 bridgehead atoms. The molecule has 6 N–H and O–H groups in total. The van der Waals surface area contributed by atoms with Gasteiger partial charge >= 0.3 is 11.8 Å². The maximum atomic E-state index is 14.8. The summed E-state index contributed by atoms with van der Waals surface area (Å²) in [6.45, 7) is 2.06. The molecular formula is C47H43Cl2F6N13O5. The van der Waals surface area contributed by atoms with E-state index in [9.17, 15) is 41.3 Å². The summed E-state index contributed by atoms with van der Waals surface area (Å²) in [4.78, 5) is 52.4. The quantitative estimate of drug-likeness (QED) is 0.0176. The molecule has 18 nitrogen and oxygen atoms in total. The van der Waals surface area contributed by atoms with Crippen molar-refractivity contribution in [1.29, 1.82) is 0 Å². The lowest BCUT2D eigenvalue weighted by atomic mass is 10.1. The van der Waals surface area contributed by atoms with Crippen molar-refractivity contribution in [2.75, 3.05) is 30.3 Å². The average Bonchev–Trinajstić information content (AvgIpc) is 4.14. The van der Waals surface area contributed by atoms with Crippen molar-refractivity contribution in [2.45, 2.75) is 37.8 Å². The third kappa shape index (κ3) is 14.3. The maximum absolute atomic E-state index is 14.8. The van der Waals surface area contributed by atoms with Gasteiger partial charge in [0.25, 0.3) is 17.5 Å². The van der Waals surface area contributed by atoms with Crippen molar-refractivity contribution in [2.24, 2.45) is 5.73 Å². The van der Waals surface area contributed by atoms with Gasteiger partial charge in [-0.15, -0.1) is 24.8 Å². The number of benzene rings is 2. The van der Waals surface area contributed by atoms with Gasteiger partial charge in [-0.1, -0.05) is 36.9 Å². The Kier molecular flexibility index (Phi) is 19.4. The summed E-state index contributed by atoms with van der Waals surface area (Å²) in [5.74, 6) is -8.31. The number of rotatable bonds is 18. The first-order valence-electron chi connectivity index (χ1n) is 21.3. The standard InChI is InChI=1S/C23H20F3N7O.C14H12F3N5O.C10H9NO3.2ClH/c24-14-4-3-9-28-17(14)12-30-21-20-18(7-11-29-21)34-22(33-20)23(25,26)13-27-10-8-19-31-15-5-1-2-6-16(15)32-19;15-8-2-1-4-19-9(8)6-21-12-11-10(3-5-20-12)23-13(22-11)14(16,17)7-18;1-2-9(12)7-8-5-3-4-6-10(8)11(13)14;;/h1-7,9,11,27H,8,10,12-13H2,(H,29,30)(H,31,32);1-5H,6-7,18H2,(H,20,21);2-6H,1,7H2;2*1H. The third-order valence-electron chi connectivity index (χ3n) is 10.1. The number of hydrogen-bond acceptors (Lipinski definition) is 16. The van der Waals surface area contributed by atoms with Crippen LogP contribution in [0, 0.1) is 21.7 Å². The number of allylic oxidation sites excluding steroid dienone is 1. The molecule has 382 valence electrons. The number of carbonyl (C=O) groups excluding carboxylic acids is 1. The lowest BCUT2D eigenvalue weighted by Gasteiger charge is -2.12. The molecule has 0 saturated heterocycles. The lowest BCUT2D eigenvalue weighted by molar-refractivity contribution is -0.385. The van der Waals surface area contributed by atoms with E-state index in [2.05, 4.69) is 62.4 Å². The van der Waals surface area contributed by atoms with Crippen molar-refractivity contribution in [3.63, 3.8) is 0 Å². The van der Waals surface area contributed by atoms with Crippen LogP contribution in [-0.4, -0.2) is 70.2 Å². The smallest absolute Gasteiger partial charge is 0.334 e. The van der Waals surface area contributed by atoms with E-state index in [-0.39, 0.29) is 101 Å². The van der Waals surface area contributed by atoms with Crippen LogP contribution in [0.1, 0.15) is 34.6 Å². The Morgan fingerprint density at radius 2 is 1.29 bits per heavy atom. The summed E-state index contributed by atoms with van der Waals surface area (Å²) in [7, 11) is 0. The van der Waals surface area contributed by atoms with Gasteiger partial charge in [0.1, 0.15) is 17.5 Å². The van der Waals surface area contributed by atoms with Crippen LogP contribution < -0.4 is 21.7 Å². The van der Waals surface area contributed by atoms with Crippen LogP contribution in [0.25, 0.3) is 33.2 Å². The summed E-state index contributed by atoms with van der Waals surface area (Å²) in [6, 6.07) is 22.1. The number of nitrogens with one attached hydrogen (secondary N) is 4. The number of oxazole rings is 2. The highest BCUT2D eigenvalue weighted by Gasteiger charge is 2.38. The van der Waals surface area contributed by atoms with Crippen molar-refractivity contribution in [3.8, 4) is 0 Å². The van der Waals surface area contributed by atoms with E-state index >= 15 is 0 Å². The second-order valence-corrected chi connectivity index (χ2v) is 15.1. The highest BCUT2D eigenvalue weighted by atomic mass is 35.5. The molecule has 9 aromatic rings. The number of para-hydroxylation sites is 3. The molecule has 9 rings (SSSR count). The van der Waals surface area contributed by atoms with Crippen LogP contribution in [0.15, 0.2) is 131 Å². The Bertz CT molecular complexity index is 3270. The molecule has 0 unspecified atom stereocenters. The van der Waals surface area contributed by atoms with Gasteiger partial charge in [0.15, 0.2) is 39.6 Å². The van der Waals surface area contributed by atoms with Crippen LogP contribution in [0.2, 0.25) is 0 Å². The molecule has 73 heavy (non-hydrogen) atoms. The summed E-state index contributed by atoms with van der Waals surface area (Å²) in [6.07, 6.45) is 7.33. The molecule has 0 aliphatic carbocycles. The molecule has 7 aromatic heterocycles. The molecule has 0 saturated carbocycles. The molecule has 0 amide bonds. The van der Waals surface area contributed by atoms with Crippen molar-refractivity contribution >= 4 is 81.2 Å². The summed E-state index contributed by atoms with van der Waals surface area (Å²) < 4.78 is 94.4. The number of nitrogens with zero attached hydrogens (tertiary/aromatic N) is 8. The monoisotopic (exact) mass is 1050 g/mol. The highest BCUT2D eigenvalue weighted by Crippen LogP contribution is 2.33. The largest absolute Gasteiger partial charge is 0.435 e. The fourth-order valence-electron chi connectivity index (χ4n) is 6.55. The van der Waals surface area contributed by atoms with Gasteiger partial charge in [-0.05, 0) is 42.5 Å². The summed E-state index contributed by atoms with van der Waals surface area (Å²) in [5.41, 5.74) is 8.02. The van der Waals surface area contributed by atoms with E-state index in [4.69, 9.17) is 14.6 Å². The number of aromatic amines is 1. The molecule has 0 aliphatic heterocycles. The normalized spacial score (nSPS) is 11.1. The first-order chi connectivity index (χ1) is 34.1. The van der Waals surface area contributed by atoms with Crippen molar-refractivity contribution in [3.05, 3.63) is 179 Å². The summed E-state index contributed by atoms with van der Waals surface area (Å²) >= 11 is 0. The Hall–Kier alpha value is -8.06. The molecule has 26 heteroatoms. The first-order valence-corrected chi connectivity index (χ1v) is 21.3. The van der Waals surface area contributed by atoms with Crippen LogP contribution in [-0.2, 0) is 42.6 Å². The molecule has 0 aliphatic rings. The average molecular weight is 1050 g/mol.